The second kappa shape index (κ2) is 8.32. The SMILES string of the molecule is CN(C)C/C=C/C(=O)N(Cc1cccs1)CC1CCCO1. The zero-order chi connectivity index (χ0) is 15.1. The third-order valence-electron chi connectivity index (χ3n) is 3.42. The van der Waals surface area contributed by atoms with Crippen LogP contribution in [0, 0.1) is 0 Å². The number of nitrogens with zero attached hydrogens (tertiary/aromatic N) is 2. The van der Waals surface area contributed by atoms with E-state index in [-0.39, 0.29) is 12.0 Å². The van der Waals surface area contributed by atoms with Crippen molar-refractivity contribution < 1.29 is 9.53 Å². The maximum atomic E-state index is 12.4. The van der Waals surface area contributed by atoms with E-state index in [0.717, 1.165) is 26.0 Å². The van der Waals surface area contributed by atoms with E-state index in [1.165, 1.54) is 4.88 Å². The van der Waals surface area contributed by atoms with Gasteiger partial charge >= 0.3 is 0 Å². The summed E-state index contributed by atoms with van der Waals surface area (Å²) in [4.78, 5) is 17.6. The Morgan fingerprint density at radius 2 is 2.38 bits per heavy atom. The molecule has 0 aromatic carbocycles. The average molecular weight is 308 g/mol. The molecular weight excluding hydrogens is 284 g/mol. The molecule has 0 aliphatic carbocycles. The molecule has 21 heavy (non-hydrogen) atoms. The van der Waals surface area contributed by atoms with Crippen LogP contribution < -0.4 is 0 Å². The summed E-state index contributed by atoms with van der Waals surface area (Å²) in [5.41, 5.74) is 0. The molecule has 0 radical (unpaired) electrons. The molecular formula is C16H24N2O2S. The summed E-state index contributed by atoms with van der Waals surface area (Å²) >= 11 is 1.69. The van der Waals surface area contributed by atoms with Gasteiger partial charge in [0.2, 0.25) is 5.91 Å². The lowest BCUT2D eigenvalue weighted by molar-refractivity contribution is -0.128. The molecule has 4 nitrogen and oxygen atoms in total. The predicted molar refractivity (Wildman–Crippen MR) is 86.4 cm³/mol. The molecule has 5 heteroatoms. The van der Waals surface area contributed by atoms with Crippen molar-refractivity contribution in [1.82, 2.24) is 9.80 Å². The highest BCUT2D eigenvalue weighted by Gasteiger charge is 2.21. The van der Waals surface area contributed by atoms with Gasteiger partial charge in [0, 0.05) is 30.6 Å². The molecule has 1 aliphatic rings. The van der Waals surface area contributed by atoms with Crippen molar-refractivity contribution in [3.63, 3.8) is 0 Å². The number of ether oxygens (including phenoxy) is 1. The zero-order valence-corrected chi connectivity index (χ0v) is 13.6. The van der Waals surface area contributed by atoms with Gasteiger partial charge in [-0.1, -0.05) is 12.1 Å². The van der Waals surface area contributed by atoms with Crippen molar-refractivity contribution in [2.24, 2.45) is 0 Å². The molecule has 1 aromatic rings. The van der Waals surface area contributed by atoms with E-state index < -0.39 is 0 Å². The lowest BCUT2D eigenvalue weighted by Gasteiger charge is -2.24. The summed E-state index contributed by atoms with van der Waals surface area (Å²) in [6, 6.07) is 4.10. The van der Waals surface area contributed by atoms with E-state index in [4.69, 9.17) is 4.74 Å². The van der Waals surface area contributed by atoms with Crippen LogP contribution in [0.1, 0.15) is 17.7 Å². The molecule has 1 amide bonds. The van der Waals surface area contributed by atoms with Gasteiger partial charge in [-0.2, -0.15) is 0 Å². The molecule has 1 aromatic heterocycles. The molecule has 1 atom stereocenters. The van der Waals surface area contributed by atoms with E-state index in [2.05, 4.69) is 6.07 Å². The summed E-state index contributed by atoms with van der Waals surface area (Å²) in [6.45, 7) is 2.95. The van der Waals surface area contributed by atoms with Crippen LogP contribution in [0.3, 0.4) is 0 Å². The first-order valence-electron chi connectivity index (χ1n) is 7.39. The van der Waals surface area contributed by atoms with E-state index >= 15 is 0 Å². The molecule has 0 spiro atoms. The minimum atomic E-state index is 0.0701. The van der Waals surface area contributed by atoms with Gasteiger partial charge in [0.1, 0.15) is 0 Å². The highest BCUT2D eigenvalue weighted by Crippen LogP contribution is 2.17. The Hall–Kier alpha value is -1.17. The Kier molecular flexibility index (Phi) is 6.42. The van der Waals surface area contributed by atoms with Gasteiger partial charge in [0.05, 0.1) is 12.6 Å². The third-order valence-corrected chi connectivity index (χ3v) is 4.28. The third kappa shape index (κ3) is 5.61. The highest BCUT2D eigenvalue weighted by atomic mass is 32.1. The van der Waals surface area contributed by atoms with Gasteiger partial charge in [-0.3, -0.25) is 4.79 Å². The largest absolute Gasteiger partial charge is 0.376 e. The second-order valence-corrected chi connectivity index (χ2v) is 6.63. The van der Waals surface area contributed by atoms with Gasteiger partial charge in [-0.25, -0.2) is 0 Å². The zero-order valence-electron chi connectivity index (χ0n) is 12.8. The van der Waals surface area contributed by atoms with Crippen LogP contribution in [-0.4, -0.2) is 55.6 Å². The Bertz CT molecular complexity index is 451. The molecule has 2 heterocycles. The quantitative estimate of drug-likeness (QED) is 0.725. The standard InChI is InChI=1S/C16H24N2O2S/c1-17(2)9-3-8-16(19)18(12-14-6-4-10-20-14)13-15-7-5-11-21-15/h3,5,7-8,11,14H,4,6,9-10,12-13H2,1-2H3/b8-3+. The number of amides is 1. The second-order valence-electron chi connectivity index (χ2n) is 5.60. The van der Waals surface area contributed by atoms with Crippen LogP contribution in [0.15, 0.2) is 29.7 Å². The smallest absolute Gasteiger partial charge is 0.246 e. The van der Waals surface area contributed by atoms with E-state index in [1.807, 2.05) is 41.4 Å². The number of likely N-dealkylation sites (N-methyl/N-ethyl adjacent to an activating group) is 1. The van der Waals surface area contributed by atoms with E-state index in [9.17, 15) is 4.79 Å². The molecule has 0 saturated carbocycles. The van der Waals surface area contributed by atoms with Crippen molar-refractivity contribution in [1.29, 1.82) is 0 Å². The van der Waals surface area contributed by atoms with Gasteiger partial charge in [0.25, 0.3) is 0 Å². The number of hydrogen-bond donors (Lipinski definition) is 0. The number of carbonyl (C=O) groups excluding carboxylic acids is 1. The average Bonchev–Trinajstić information content (AvgIpc) is 3.10. The lowest BCUT2D eigenvalue weighted by Crippen LogP contribution is -2.35. The molecule has 0 N–H and O–H groups in total. The van der Waals surface area contributed by atoms with Crippen molar-refractivity contribution in [3.8, 4) is 0 Å². The fourth-order valence-electron chi connectivity index (χ4n) is 2.33. The summed E-state index contributed by atoms with van der Waals surface area (Å²) in [7, 11) is 3.98. The Morgan fingerprint density at radius 1 is 1.52 bits per heavy atom. The van der Waals surface area contributed by atoms with Gasteiger partial charge < -0.3 is 14.5 Å². The number of carbonyl (C=O) groups is 1. The Labute approximate surface area is 131 Å². The fraction of sp³-hybridized carbons (Fsp3) is 0.562. The van der Waals surface area contributed by atoms with Gasteiger partial charge in [-0.15, -0.1) is 11.3 Å². The molecule has 1 saturated heterocycles. The predicted octanol–water partition coefficient (Wildman–Crippen LogP) is 2.37. The van der Waals surface area contributed by atoms with Crippen LogP contribution >= 0.6 is 11.3 Å². The first-order valence-corrected chi connectivity index (χ1v) is 8.27. The molecule has 0 bridgehead atoms. The number of hydrogen-bond acceptors (Lipinski definition) is 4. The monoisotopic (exact) mass is 308 g/mol. The molecule has 1 fully saturated rings. The normalized spacial score (nSPS) is 18.7. The van der Waals surface area contributed by atoms with E-state index in [1.54, 1.807) is 17.4 Å². The van der Waals surface area contributed by atoms with Crippen molar-refractivity contribution in [3.05, 3.63) is 34.5 Å². The van der Waals surface area contributed by atoms with Crippen molar-refractivity contribution in [2.45, 2.75) is 25.5 Å². The summed E-state index contributed by atoms with van der Waals surface area (Å²) in [5, 5.41) is 2.05. The number of thiophene rings is 1. The fourth-order valence-corrected chi connectivity index (χ4v) is 3.05. The summed E-state index contributed by atoms with van der Waals surface area (Å²) in [6.07, 6.45) is 5.94. The van der Waals surface area contributed by atoms with Crippen LogP contribution in [0.5, 0.6) is 0 Å². The number of rotatable bonds is 7. The van der Waals surface area contributed by atoms with Gasteiger partial charge in [-0.05, 0) is 38.4 Å². The molecule has 116 valence electrons. The minimum absolute atomic E-state index is 0.0701. The maximum absolute atomic E-state index is 12.4. The highest BCUT2D eigenvalue weighted by molar-refractivity contribution is 7.09. The van der Waals surface area contributed by atoms with Crippen LogP contribution in [0.4, 0.5) is 0 Å². The Morgan fingerprint density at radius 3 is 3.00 bits per heavy atom. The van der Waals surface area contributed by atoms with Crippen molar-refractivity contribution >= 4 is 17.2 Å². The molecule has 2 rings (SSSR count). The minimum Gasteiger partial charge on any atom is -0.376 e. The van der Waals surface area contributed by atoms with Gasteiger partial charge in [0.15, 0.2) is 0 Å². The molecule has 1 aliphatic heterocycles. The van der Waals surface area contributed by atoms with Crippen LogP contribution in [0.25, 0.3) is 0 Å². The lowest BCUT2D eigenvalue weighted by atomic mass is 10.2. The topological polar surface area (TPSA) is 32.8 Å². The Balaban J connectivity index is 1.95. The van der Waals surface area contributed by atoms with Crippen LogP contribution in [0.2, 0.25) is 0 Å². The first kappa shape index (κ1) is 16.2. The maximum Gasteiger partial charge on any atom is 0.246 e. The van der Waals surface area contributed by atoms with Crippen LogP contribution in [-0.2, 0) is 16.1 Å². The first-order chi connectivity index (χ1) is 10.1. The summed E-state index contributed by atoms with van der Waals surface area (Å²) < 4.78 is 5.67. The van der Waals surface area contributed by atoms with E-state index in [0.29, 0.717) is 13.1 Å². The summed E-state index contributed by atoms with van der Waals surface area (Å²) in [5.74, 6) is 0.0701. The molecule has 1 unspecified atom stereocenters. The van der Waals surface area contributed by atoms with Crippen molar-refractivity contribution in [2.75, 3.05) is 33.8 Å².